The first kappa shape index (κ1) is 60.2. The molecule has 0 atom stereocenters. The van der Waals surface area contributed by atoms with Gasteiger partial charge in [-0.2, -0.15) is 0 Å². The number of unbranched alkanes of at least 4 members (excludes halogenated alkanes) is 15. The fourth-order valence-corrected chi connectivity index (χ4v) is 6.30. The van der Waals surface area contributed by atoms with Crippen molar-refractivity contribution in [3.8, 4) is 0 Å². The van der Waals surface area contributed by atoms with Gasteiger partial charge >= 0.3 is 41.8 Å². The van der Waals surface area contributed by atoms with Crippen molar-refractivity contribution in [3.05, 3.63) is 0 Å². The van der Waals surface area contributed by atoms with Gasteiger partial charge in [0.25, 0.3) is 0 Å². The maximum absolute atomic E-state index is 13.0. The first-order valence-electron chi connectivity index (χ1n) is 24.6. The first-order valence-corrected chi connectivity index (χ1v) is 24.6. The van der Waals surface area contributed by atoms with Crippen molar-refractivity contribution in [3.63, 3.8) is 0 Å². The highest BCUT2D eigenvalue weighted by atomic mass is 16.6. The van der Waals surface area contributed by atoms with E-state index in [0.717, 1.165) is 96.3 Å². The molecule has 0 saturated heterocycles. The summed E-state index contributed by atoms with van der Waals surface area (Å²) in [4.78, 5) is 89.7. The van der Waals surface area contributed by atoms with Gasteiger partial charge in [-0.15, -0.1) is 0 Å². The Kier molecular flexibility index (Phi) is 39.5. The summed E-state index contributed by atoms with van der Waals surface area (Å²) >= 11 is 0. The summed E-state index contributed by atoms with van der Waals surface area (Å²) in [7, 11) is 3.63. The standard InChI is InChI=1S/C49H87NO14/c1-6-9-12-15-18-27-42(51)58-35-24-21-30-45(54)61-38-49(41-64-48(57)33-34-50(4)5,39-62-46(55)31-22-25-36-59-43(52)28-19-16-13-10-7-2)40-63-47(56)32-23-26-37-60-44(53)29-20-17-14-11-8-3/h6-41H2,1-5H3. The van der Waals surface area contributed by atoms with Crippen LogP contribution in [0.3, 0.4) is 0 Å². The second-order valence-corrected chi connectivity index (χ2v) is 17.2. The Hall–Kier alpha value is -3.75. The largest absolute Gasteiger partial charge is 0.466 e. The molecule has 0 spiro atoms. The summed E-state index contributed by atoms with van der Waals surface area (Å²) in [5.74, 6) is -3.04. The van der Waals surface area contributed by atoms with E-state index in [9.17, 15) is 33.6 Å². The SMILES string of the molecule is CCCCCCCC(=O)OCCCCC(=O)OCC(COC(=O)CCCCOC(=O)CCCCCCC)(COC(=O)CCCCOC(=O)CCCCCCC)COC(=O)CCN(C)C. The van der Waals surface area contributed by atoms with Crippen LogP contribution in [0.15, 0.2) is 0 Å². The Balaban J connectivity index is 5.46. The van der Waals surface area contributed by atoms with E-state index in [1.807, 2.05) is 19.0 Å². The highest BCUT2D eigenvalue weighted by Crippen LogP contribution is 2.23. The summed E-state index contributed by atoms with van der Waals surface area (Å²) in [6.07, 6.45) is 19.2. The molecular weight excluding hydrogens is 827 g/mol. The van der Waals surface area contributed by atoms with E-state index in [-0.39, 0.29) is 89.8 Å². The van der Waals surface area contributed by atoms with E-state index in [1.54, 1.807) is 0 Å². The Morgan fingerprint density at radius 3 is 0.812 bits per heavy atom. The number of hydrogen-bond acceptors (Lipinski definition) is 15. The van der Waals surface area contributed by atoms with Crippen molar-refractivity contribution in [2.45, 2.75) is 201 Å². The number of carbonyl (C=O) groups is 7. The van der Waals surface area contributed by atoms with E-state index in [0.29, 0.717) is 64.3 Å². The third-order valence-corrected chi connectivity index (χ3v) is 10.5. The normalized spacial score (nSPS) is 11.2. The van der Waals surface area contributed by atoms with Crippen molar-refractivity contribution >= 4 is 41.8 Å². The maximum atomic E-state index is 13.0. The van der Waals surface area contributed by atoms with Gasteiger partial charge in [0.15, 0.2) is 0 Å². The topological polar surface area (TPSA) is 187 Å². The molecule has 0 unspecified atom stereocenters. The summed E-state index contributed by atoms with van der Waals surface area (Å²) in [5.41, 5.74) is -1.43. The number of carbonyl (C=O) groups excluding carboxylic acids is 7. The Morgan fingerprint density at radius 1 is 0.312 bits per heavy atom. The predicted octanol–water partition coefficient (Wildman–Crippen LogP) is 9.32. The van der Waals surface area contributed by atoms with Crippen LogP contribution in [0.2, 0.25) is 0 Å². The van der Waals surface area contributed by atoms with E-state index >= 15 is 0 Å². The van der Waals surface area contributed by atoms with Gasteiger partial charge in [0.2, 0.25) is 0 Å². The second-order valence-electron chi connectivity index (χ2n) is 17.2. The van der Waals surface area contributed by atoms with Crippen molar-refractivity contribution in [1.82, 2.24) is 4.90 Å². The number of hydrogen-bond donors (Lipinski definition) is 0. The zero-order valence-corrected chi connectivity index (χ0v) is 40.6. The lowest BCUT2D eigenvalue weighted by Crippen LogP contribution is -2.44. The van der Waals surface area contributed by atoms with Gasteiger partial charge in [0, 0.05) is 45.1 Å². The Morgan fingerprint density at radius 2 is 0.547 bits per heavy atom. The Bertz CT molecular complexity index is 1130. The summed E-state index contributed by atoms with van der Waals surface area (Å²) in [6, 6.07) is 0. The van der Waals surface area contributed by atoms with Crippen molar-refractivity contribution in [2.75, 3.05) is 66.9 Å². The van der Waals surface area contributed by atoms with E-state index < -0.39 is 29.3 Å². The minimum Gasteiger partial charge on any atom is -0.466 e. The monoisotopic (exact) mass is 914 g/mol. The molecule has 0 fully saturated rings. The van der Waals surface area contributed by atoms with Crippen molar-refractivity contribution < 1.29 is 66.7 Å². The molecule has 0 aromatic carbocycles. The predicted molar refractivity (Wildman–Crippen MR) is 244 cm³/mol. The highest BCUT2D eigenvalue weighted by Gasteiger charge is 2.38. The molecule has 0 saturated carbocycles. The molecule has 64 heavy (non-hydrogen) atoms. The number of rotatable bonds is 44. The third-order valence-electron chi connectivity index (χ3n) is 10.5. The van der Waals surface area contributed by atoms with Crippen molar-refractivity contribution in [1.29, 1.82) is 0 Å². The lowest BCUT2D eigenvalue weighted by molar-refractivity contribution is -0.171. The maximum Gasteiger partial charge on any atom is 0.307 e. The molecule has 0 aliphatic carbocycles. The molecule has 0 aliphatic heterocycles. The van der Waals surface area contributed by atoms with Gasteiger partial charge in [-0.1, -0.05) is 97.8 Å². The molecule has 0 aromatic heterocycles. The summed E-state index contributed by atoms with van der Waals surface area (Å²) in [5, 5.41) is 0. The average Bonchev–Trinajstić information content (AvgIpc) is 3.27. The molecule has 0 rings (SSSR count). The van der Waals surface area contributed by atoms with Crippen LogP contribution in [-0.2, 0) is 66.7 Å². The van der Waals surface area contributed by atoms with Gasteiger partial charge in [-0.25, -0.2) is 0 Å². The fourth-order valence-electron chi connectivity index (χ4n) is 6.30. The van der Waals surface area contributed by atoms with E-state index in [4.69, 9.17) is 33.2 Å². The van der Waals surface area contributed by atoms with Gasteiger partial charge in [0.1, 0.15) is 31.8 Å². The molecule has 15 heteroatoms. The number of esters is 7. The quantitative estimate of drug-likeness (QED) is 0.0319. The molecule has 0 bridgehead atoms. The zero-order chi connectivity index (χ0) is 47.5. The van der Waals surface area contributed by atoms with Gasteiger partial charge in [0.05, 0.1) is 26.2 Å². The van der Waals surface area contributed by atoms with Crippen LogP contribution in [0.5, 0.6) is 0 Å². The molecule has 0 aromatic rings. The Labute approximate surface area is 385 Å². The number of ether oxygens (including phenoxy) is 7. The lowest BCUT2D eigenvalue weighted by atomic mass is 9.92. The molecule has 0 amide bonds. The smallest absolute Gasteiger partial charge is 0.307 e. The zero-order valence-electron chi connectivity index (χ0n) is 40.6. The second kappa shape index (κ2) is 41.9. The van der Waals surface area contributed by atoms with Gasteiger partial charge in [-0.05, 0) is 71.9 Å². The van der Waals surface area contributed by atoms with Crippen LogP contribution in [-0.4, -0.2) is 114 Å². The van der Waals surface area contributed by atoms with Gasteiger partial charge < -0.3 is 38.1 Å². The lowest BCUT2D eigenvalue weighted by Gasteiger charge is -2.31. The van der Waals surface area contributed by atoms with Crippen LogP contribution in [0.25, 0.3) is 0 Å². The van der Waals surface area contributed by atoms with Crippen LogP contribution in [0.1, 0.15) is 201 Å². The molecule has 0 aliphatic rings. The van der Waals surface area contributed by atoms with Crippen LogP contribution < -0.4 is 0 Å². The molecule has 0 N–H and O–H groups in total. The minimum atomic E-state index is -1.43. The van der Waals surface area contributed by atoms with Crippen LogP contribution >= 0.6 is 0 Å². The molecular formula is C49H87NO14. The number of nitrogens with zero attached hydrogens (tertiary/aromatic N) is 1. The highest BCUT2D eigenvalue weighted by molar-refractivity contribution is 5.72. The van der Waals surface area contributed by atoms with Gasteiger partial charge in [-0.3, -0.25) is 33.6 Å². The molecule has 15 nitrogen and oxygen atoms in total. The minimum absolute atomic E-state index is 0.0136. The molecule has 372 valence electrons. The average molecular weight is 914 g/mol. The fraction of sp³-hybridized carbons (Fsp3) is 0.857. The summed E-state index contributed by atoms with van der Waals surface area (Å²) < 4.78 is 38.5. The van der Waals surface area contributed by atoms with Crippen LogP contribution in [0.4, 0.5) is 0 Å². The van der Waals surface area contributed by atoms with E-state index in [1.165, 1.54) is 0 Å². The molecule has 0 radical (unpaired) electrons. The van der Waals surface area contributed by atoms with Crippen molar-refractivity contribution in [2.24, 2.45) is 5.41 Å². The van der Waals surface area contributed by atoms with Crippen LogP contribution in [0, 0.1) is 5.41 Å². The first-order chi connectivity index (χ1) is 30.9. The van der Waals surface area contributed by atoms with E-state index in [2.05, 4.69) is 20.8 Å². The summed E-state index contributed by atoms with van der Waals surface area (Å²) in [6.45, 7) is 5.84. The molecule has 0 heterocycles. The third kappa shape index (κ3) is 38.7.